The summed E-state index contributed by atoms with van der Waals surface area (Å²) in [6, 6.07) is 5.35. The maximum Gasteiger partial charge on any atom is 0.259 e. The predicted molar refractivity (Wildman–Crippen MR) is 98.7 cm³/mol. The van der Waals surface area contributed by atoms with Crippen LogP contribution in [0.5, 0.6) is 0 Å². The Kier molecular flexibility index (Phi) is 5.49. The zero-order valence-corrected chi connectivity index (χ0v) is 16.4. The Bertz CT molecular complexity index is 761. The minimum absolute atomic E-state index is 0.184. The van der Waals surface area contributed by atoms with Crippen LogP contribution in [0, 0.1) is 11.7 Å². The molecule has 1 aromatic rings. The van der Waals surface area contributed by atoms with Gasteiger partial charge in [-0.1, -0.05) is 26.0 Å². The van der Waals surface area contributed by atoms with Crippen molar-refractivity contribution in [1.29, 1.82) is 0 Å². The Labute approximate surface area is 163 Å². The summed E-state index contributed by atoms with van der Waals surface area (Å²) < 4.78 is 19.3. The molecule has 2 aliphatic heterocycles. The van der Waals surface area contributed by atoms with Crippen LogP contribution in [0.4, 0.5) is 4.39 Å². The number of hydrogen-bond acceptors (Lipinski definition) is 5. The number of amides is 2. The van der Waals surface area contributed by atoms with E-state index in [1.54, 1.807) is 13.8 Å². The van der Waals surface area contributed by atoms with E-state index < -0.39 is 29.0 Å². The van der Waals surface area contributed by atoms with Crippen molar-refractivity contribution in [2.75, 3.05) is 32.8 Å². The number of rotatable bonds is 4. The summed E-state index contributed by atoms with van der Waals surface area (Å²) in [5.41, 5.74) is -2.38. The Morgan fingerprint density at radius 1 is 1.25 bits per heavy atom. The molecule has 2 amide bonds. The van der Waals surface area contributed by atoms with Gasteiger partial charge in [0.25, 0.3) is 11.8 Å². The average molecular weight is 394 g/mol. The molecule has 7 nitrogen and oxygen atoms in total. The highest BCUT2D eigenvalue weighted by molar-refractivity contribution is 5.86. The number of aliphatic hydroxyl groups excluding tert-OH is 1. The van der Waals surface area contributed by atoms with Gasteiger partial charge in [-0.25, -0.2) is 4.39 Å². The molecule has 154 valence electrons. The zero-order valence-electron chi connectivity index (χ0n) is 16.4. The molecule has 0 saturated carbocycles. The van der Waals surface area contributed by atoms with E-state index in [-0.39, 0.29) is 43.6 Å². The predicted octanol–water partition coefficient (Wildman–Crippen LogP) is 0.490. The first-order valence-electron chi connectivity index (χ1n) is 9.44. The summed E-state index contributed by atoms with van der Waals surface area (Å²) >= 11 is 0. The van der Waals surface area contributed by atoms with Crippen LogP contribution in [0.15, 0.2) is 24.3 Å². The van der Waals surface area contributed by atoms with Gasteiger partial charge >= 0.3 is 0 Å². The van der Waals surface area contributed by atoms with E-state index in [0.29, 0.717) is 6.54 Å². The van der Waals surface area contributed by atoms with E-state index in [0.717, 1.165) is 6.07 Å². The lowest BCUT2D eigenvalue weighted by atomic mass is 9.88. The molecule has 2 fully saturated rings. The molecule has 2 aliphatic rings. The highest BCUT2D eigenvalue weighted by atomic mass is 19.1. The number of ether oxygens (including phenoxy) is 1. The maximum absolute atomic E-state index is 13.5. The number of morpholine rings is 1. The molecule has 1 unspecified atom stereocenters. The number of carbonyl (C=O) groups is 2. The van der Waals surface area contributed by atoms with Gasteiger partial charge in [0.05, 0.1) is 26.2 Å². The highest BCUT2D eigenvalue weighted by Crippen LogP contribution is 2.32. The Balaban J connectivity index is 1.67. The van der Waals surface area contributed by atoms with E-state index in [1.165, 1.54) is 34.9 Å². The van der Waals surface area contributed by atoms with Crippen molar-refractivity contribution in [2.45, 2.75) is 38.1 Å². The fourth-order valence-electron chi connectivity index (χ4n) is 3.71. The van der Waals surface area contributed by atoms with Crippen molar-refractivity contribution in [1.82, 2.24) is 9.80 Å². The molecule has 2 atom stereocenters. The number of hydrogen-bond donors (Lipinski definition) is 2. The molecule has 8 heteroatoms. The van der Waals surface area contributed by atoms with Crippen molar-refractivity contribution in [3.63, 3.8) is 0 Å². The monoisotopic (exact) mass is 394 g/mol. The first-order chi connectivity index (χ1) is 13.1. The number of carbonyl (C=O) groups excluding carboxylic acids is 2. The molecule has 1 spiro atoms. The van der Waals surface area contributed by atoms with E-state index in [2.05, 4.69) is 0 Å². The average Bonchev–Trinajstić information content (AvgIpc) is 2.64. The van der Waals surface area contributed by atoms with Crippen LogP contribution in [0.25, 0.3) is 0 Å². The summed E-state index contributed by atoms with van der Waals surface area (Å²) in [5.74, 6) is -1.59. The largest absolute Gasteiger partial charge is 0.383 e. The van der Waals surface area contributed by atoms with Crippen LogP contribution in [0.2, 0.25) is 0 Å². The highest BCUT2D eigenvalue weighted by Gasteiger charge is 2.52. The lowest BCUT2D eigenvalue weighted by Gasteiger charge is -2.54. The zero-order chi connectivity index (χ0) is 20.7. The van der Waals surface area contributed by atoms with E-state index in [9.17, 15) is 24.2 Å². The molecule has 0 radical (unpaired) electrons. The van der Waals surface area contributed by atoms with E-state index in [4.69, 9.17) is 4.74 Å². The summed E-state index contributed by atoms with van der Waals surface area (Å²) in [6.45, 7) is 6.24. The summed E-state index contributed by atoms with van der Waals surface area (Å²) in [5, 5.41) is 20.7. The normalized spacial score (nSPS) is 22.0. The molecule has 3 rings (SSSR count). The van der Waals surface area contributed by atoms with Crippen molar-refractivity contribution < 1.29 is 28.9 Å². The number of aliphatic hydroxyl groups is 2. The molecule has 0 bridgehead atoms. The second-order valence-corrected chi connectivity index (χ2v) is 8.22. The first kappa shape index (κ1) is 20.7. The summed E-state index contributed by atoms with van der Waals surface area (Å²) in [7, 11) is 0. The van der Waals surface area contributed by atoms with Crippen LogP contribution in [-0.2, 0) is 19.9 Å². The second kappa shape index (κ2) is 7.42. The Hall–Kier alpha value is -2.03. The molecular weight excluding hydrogens is 367 g/mol. The third-order valence-corrected chi connectivity index (χ3v) is 5.49. The lowest BCUT2D eigenvalue weighted by Crippen LogP contribution is -2.73. The first-order valence-corrected chi connectivity index (χ1v) is 9.44. The van der Waals surface area contributed by atoms with Crippen molar-refractivity contribution in [2.24, 2.45) is 5.92 Å². The summed E-state index contributed by atoms with van der Waals surface area (Å²) in [6.07, 6.45) is -1.06. The summed E-state index contributed by atoms with van der Waals surface area (Å²) in [4.78, 5) is 28.2. The van der Waals surface area contributed by atoms with Crippen molar-refractivity contribution in [3.8, 4) is 0 Å². The molecule has 0 aromatic heterocycles. The van der Waals surface area contributed by atoms with Crippen LogP contribution in [-0.4, -0.2) is 76.3 Å². The van der Waals surface area contributed by atoms with Crippen LogP contribution in [0.1, 0.15) is 26.3 Å². The second-order valence-electron chi connectivity index (χ2n) is 8.22. The Morgan fingerprint density at radius 3 is 2.50 bits per heavy atom. The molecule has 28 heavy (non-hydrogen) atoms. The van der Waals surface area contributed by atoms with E-state index >= 15 is 0 Å². The number of likely N-dealkylation sites (tertiary alicyclic amines) is 1. The molecule has 1 aromatic carbocycles. The van der Waals surface area contributed by atoms with Gasteiger partial charge in [0, 0.05) is 6.54 Å². The molecule has 2 saturated heterocycles. The van der Waals surface area contributed by atoms with Gasteiger partial charge in [0.15, 0.2) is 5.60 Å². The standard InChI is InChI=1S/C20H27FN2O5/c1-13(2)16(24)17(25)23-11-20(12-23)10-22(7-8-28-20)18(26)19(3,27)14-5-4-6-15(21)9-14/h4-6,9,13,16,24,27H,7-8,10-12H2,1-3H3/t16-,19?/m1/s1. The minimum Gasteiger partial charge on any atom is -0.383 e. The van der Waals surface area contributed by atoms with Crippen LogP contribution in [0.3, 0.4) is 0 Å². The SMILES string of the molecule is CC(C)[C@@H](O)C(=O)N1CC2(C1)CN(C(=O)C(C)(O)c1cccc(F)c1)CCO2. The number of nitrogens with zero attached hydrogens (tertiary/aromatic N) is 2. The number of halogens is 1. The third kappa shape index (κ3) is 3.76. The maximum atomic E-state index is 13.5. The molecule has 2 heterocycles. The number of benzene rings is 1. The fourth-order valence-corrected chi connectivity index (χ4v) is 3.71. The molecule has 2 N–H and O–H groups in total. The van der Waals surface area contributed by atoms with E-state index in [1.807, 2.05) is 0 Å². The fraction of sp³-hybridized carbons (Fsp3) is 0.600. The third-order valence-electron chi connectivity index (χ3n) is 5.49. The van der Waals surface area contributed by atoms with Crippen LogP contribution >= 0.6 is 0 Å². The van der Waals surface area contributed by atoms with Crippen LogP contribution < -0.4 is 0 Å². The van der Waals surface area contributed by atoms with Gasteiger partial charge in [0.1, 0.15) is 17.5 Å². The van der Waals surface area contributed by atoms with Crippen molar-refractivity contribution in [3.05, 3.63) is 35.6 Å². The van der Waals surface area contributed by atoms with Crippen molar-refractivity contribution >= 4 is 11.8 Å². The van der Waals surface area contributed by atoms with Gasteiger partial charge < -0.3 is 24.7 Å². The van der Waals surface area contributed by atoms with Gasteiger partial charge in [0.2, 0.25) is 0 Å². The topological polar surface area (TPSA) is 90.3 Å². The van der Waals surface area contributed by atoms with Gasteiger partial charge in [-0.15, -0.1) is 0 Å². The lowest BCUT2D eigenvalue weighted by molar-refractivity contribution is -0.203. The quantitative estimate of drug-likeness (QED) is 0.776. The molecule has 0 aliphatic carbocycles. The molecular formula is C20H27FN2O5. The van der Waals surface area contributed by atoms with Gasteiger partial charge in [-0.2, -0.15) is 0 Å². The smallest absolute Gasteiger partial charge is 0.259 e. The Morgan fingerprint density at radius 2 is 1.89 bits per heavy atom. The minimum atomic E-state index is -1.87. The van der Waals surface area contributed by atoms with Gasteiger partial charge in [-0.05, 0) is 30.5 Å². The van der Waals surface area contributed by atoms with Gasteiger partial charge in [-0.3, -0.25) is 9.59 Å².